The van der Waals surface area contributed by atoms with Crippen LogP contribution in [0.25, 0.3) is 20.7 Å². The highest BCUT2D eigenvalue weighted by Gasteiger charge is 2.24. The molecule has 3 aromatic heterocycles. The van der Waals surface area contributed by atoms with Crippen molar-refractivity contribution in [1.82, 2.24) is 24.3 Å². The number of benzene rings is 1. The van der Waals surface area contributed by atoms with Gasteiger partial charge in [0, 0.05) is 56.8 Å². The van der Waals surface area contributed by atoms with Crippen LogP contribution in [0.3, 0.4) is 0 Å². The van der Waals surface area contributed by atoms with Gasteiger partial charge in [0.1, 0.15) is 9.85 Å². The standard InChI is InChI=1S/C28H28ClN5O2S/c1-18(35)33-10-8-32(9-11-33)16-19-2-3-21-13-23(5-4-20(21)12-19)34-17-31-24-15-25(37-27(24)28(34)36)22-6-7-30-26(29)14-22/h2-3,6-7,12,14-15,17,23H,4-5,8-11,13,16H2,1H3. The second-order valence-electron chi connectivity index (χ2n) is 9.93. The van der Waals surface area contributed by atoms with Crippen LogP contribution in [0.5, 0.6) is 0 Å². The Kier molecular flexibility index (Phi) is 6.56. The van der Waals surface area contributed by atoms with Crippen LogP contribution in [-0.2, 0) is 24.2 Å². The van der Waals surface area contributed by atoms with Crippen molar-refractivity contribution in [2.24, 2.45) is 0 Å². The summed E-state index contributed by atoms with van der Waals surface area (Å²) in [5.74, 6) is 0.162. The molecule has 4 heterocycles. The van der Waals surface area contributed by atoms with Crippen molar-refractivity contribution in [3.05, 3.63) is 81.1 Å². The molecule has 7 nitrogen and oxygen atoms in total. The summed E-state index contributed by atoms with van der Waals surface area (Å²) in [6.07, 6.45) is 6.08. The van der Waals surface area contributed by atoms with Crippen molar-refractivity contribution >= 4 is 39.1 Å². The number of piperazine rings is 1. The average Bonchev–Trinajstić information content (AvgIpc) is 3.35. The number of halogens is 1. The first-order valence-electron chi connectivity index (χ1n) is 12.7. The molecule has 1 atom stereocenters. The molecule has 2 aliphatic rings. The molecular weight excluding hydrogens is 506 g/mol. The van der Waals surface area contributed by atoms with E-state index in [4.69, 9.17) is 11.6 Å². The third kappa shape index (κ3) is 4.93. The first-order chi connectivity index (χ1) is 17.9. The number of nitrogens with zero attached hydrogens (tertiary/aromatic N) is 5. The Morgan fingerprint density at radius 1 is 1.08 bits per heavy atom. The molecule has 0 radical (unpaired) electrons. The van der Waals surface area contributed by atoms with Gasteiger partial charge in [0.05, 0.1) is 11.8 Å². The van der Waals surface area contributed by atoms with Gasteiger partial charge in [-0.2, -0.15) is 0 Å². The van der Waals surface area contributed by atoms with Crippen molar-refractivity contribution < 1.29 is 4.79 Å². The lowest BCUT2D eigenvalue weighted by Gasteiger charge is -2.34. The van der Waals surface area contributed by atoms with Gasteiger partial charge in [-0.15, -0.1) is 11.3 Å². The molecule has 1 aliphatic heterocycles. The lowest BCUT2D eigenvalue weighted by Crippen LogP contribution is -2.47. The summed E-state index contributed by atoms with van der Waals surface area (Å²) in [5.41, 5.74) is 5.70. The van der Waals surface area contributed by atoms with Crippen molar-refractivity contribution in [2.75, 3.05) is 26.2 Å². The van der Waals surface area contributed by atoms with Crippen molar-refractivity contribution in [2.45, 2.75) is 38.8 Å². The fourth-order valence-corrected chi connectivity index (χ4v) is 6.70. The number of pyridine rings is 1. The molecule has 1 unspecified atom stereocenters. The Bertz CT molecular complexity index is 1540. The molecule has 0 N–H and O–H groups in total. The summed E-state index contributed by atoms with van der Waals surface area (Å²) in [6.45, 7) is 5.98. The molecule has 1 aliphatic carbocycles. The maximum atomic E-state index is 13.5. The maximum absolute atomic E-state index is 13.5. The van der Waals surface area contributed by atoms with Gasteiger partial charge in [0.15, 0.2) is 0 Å². The van der Waals surface area contributed by atoms with E-state index in [1.807, 2.05) is 27.7 Å². The highest BCUT2D eigenvalue weighted by molar-refractivity contribution is 7.22. The molecule has 1 saturated heterocycles. The Morgan fingerprint density at radius 2 is 1.92 bits per heavy atom. The smallest absolute Gasteiger partial charge is 0.271 e. The number of hydrogen-bond donors (Lipinski definition) is 0. The second kappa shape index (κ2) is 10.0. The normalized spacial score (nSPS) is 18.2. The molecular formula is C28H28ClN5O2S. The number of aromatic nitrogens is 3. The fraction of sp³-hybridized carbons (Fsp3) is 0.357. The number of carbonyl (C=O) groups excluding carboxylic acids is 1. The van der Waals surface area contributed by atoms with E-state index in [1.54, 1.807) is 19.4 Å². The summed E-state index contributed by atoms with van der Waals surface area (Å²) in [5, 5.41) is 0.430. The SMILES string of the molecule is CC(=O)N1CCN(Cc2ccc3c(c2)CCC(n2cnc4cc(-c5ccnc(Cl)c5)sc4c2=O)C3)CC1. The zero-order valence-electron chi connectivity index (χ0n) is 20.7. The lowest BCUT2D eigenvalue weighted by molar-refractivity contribution is -0.130. The molecule has 0 spiro atoms. The van der Waals surface area contributed by atoms with Crippen molar-refractivity contribution in [1.29, 1.82) is 0 Å². The predicted octanol–water partition coefficient (Wildman–Crippen LogP) is 4.57. The Morgan fingerprint density at radius 3 is 2.70 bits per heavy atom. The van der Waals surface area contributed by atoms with Crippen LogP contribution in [0.15, 0.2) is 53.7 Å². The van der Waals surface area contributed by atoms with Crippen molar-refractivity contribution in [3.8, 4) is 10.4 Å². The van der Waals surface area contributed by atoms with E-state index in [-0.39, 0.29) is 17.5 Å². The van der Waals surface area contributed by atoms with E-state index < -0.39 is 0 Å². The van der Waals surface area contributed by atoms with E-state index in [9.17, 15) is 9.59 Å². The minimum Gasteiger partial charge on any atom is -0.340 e. The minimum absolute atomic E-state index is 0.0242. The number of aryl methyl sites for hydroxylation is 1. The Balaban J connectivity index is 1.18. The highest BCUT2D eigenvalue weighted by atomic mass is 35.5. The average molecular weight is 534 g/mol. The zero-order chi connectivity index (χ0) is 25.5. The number of hydrogen-bond acceptors (Lipinski definition) is 6. The topological polar surface area (TPSA) is 71.3 Å². The van der Waals surface area contributed by atoms with Gasteiger partial charge in [0.2, 0.25) is 5.91 Å². The van der Waals surface area contributed by atoms with Gasteiger partial charge in [0.25, 0.3) is 5.56 Å². The summed E-state index contributed by atoms with van der Waals surface area (Å²) in [7, 11) is 0. The number of amides is 1. The quantitative estimate of drug-likeness (QED) is 0.359. The largest absolute Gasteiger partial charge is 0.340 e. The highest BCUT2D eigenvalue weighted by Crippen LogP contribution is 2.33. The van der Waals surface area contributed by atoms with E-state index >= 15 is 0 Å². The third-order valence-corrected chi connectivity index (χ3v) is 8.93. The number of fused-ring (bicyclic) bond motifs is 2. The maximum Gasteiger partial charge on any atom is 0.271 e. The summed E-state index contributed by atoms with van der Waals surface area (Å²) in [4.78, 5) is 39.0. The van der Waals surface area contributed by atoms with Gasteiger partial charge < -0.3 is 4.90 Å². The predicted molar refractivity (Wildman–Crippen MR) is 147 cm³/mol. The number of thiophene rings is 1. The van der Waals surface area contributed by atoms with Crippen LogP contribution in [0.1, 0.15) is 36.1 Å². The van der Waals surface area contributed by atoms with Gasteiger partial charge in [-0.1, -0.05) is 29.8 Å². The molecule has 1 fully saturated rings. The monoisotopic (exact) mass is 533 g/mol. The fourth-order valence-electron chi connectivity index (χ4n) is 5.49. The van der Waals surface area contributed by atoms with E-state index in [2.05, 4.69) is 33.1 Å². The lowest BCUT2D eigenvalue weighted by atomic mass is 9.87. The Hall–Kier alpha value is -3.07. The molecule has 0 bridgehead atoms. The third-order valence-electron chi connectivity index (χ3n) is 7.56. The Labute approximate surface area is 224 Å². The molecule has 9 heteroatoms. The van der Waals surface area contributed by atoms with Crippen LogP contribution < -0.4 is 5.56 Å². The molecule has 1 amide bonds. The van der Waals surface area contributed by atoms with Gasteiger partial charge >= 0.3 is 0 Å². The number of rotatable bonds is 4. The van der Waals surface area contributed by atoms with E-state index in [0.717, 1.165) is 67.9 Å². The van der Waals surface area contributed by atoms with Crippen LogP contribution in [0.2, 0.25) is 5.15 Å². The van der Waals surface area contributed by atoms with E-state index in [1.165, 1.54) is 28.0 Å². The van der Waals surface area contributed by atoms with Gasteiger partial charge in [-0.05, 0) is 59.7 Å². The summed E-state index contributed by atoms with van der Waals surface area (Å²) >= 11 is 7.52. The first-order valence-corrected chi connectivity index (χ1v) is 13.9. The zero-order valence-corrected chi connectivity index (χ0v) is 22.3. The van der Waals surface area contributed by atoms with Crippen LogP contribution in [0.4, 0.5) is 0 Å². The molecule has 4 aromatic rings. The molecule has 190 valence electrons. The molecule has 1 aromatic carbocycles. The van der Waals surface area contributed by atoms with Crippen molar-refractivity contribution in [3.63, 3.8) is 0 Å². The van der Waals surface area contributed by atoms with E-state index in [0.29, 0.717) is 9.85 Å². The van der Waals surface area contributed by atoms with Gasteiger partial charge in [-0.3, -0.25) is 19.1 Å². The molecule has 6 rings (SSSR count). The van der Waals surface area contributed by atoms with Crippen LogP contribution >= 0.6 is 22.9 Å². The van der Waals surface area contributed by atoms with Crippen LogP contribution in [0, 0.1) is 0 Å². The minimum atomic E-state index is 0.0242. The summed E-state index contributed by atoms with van der Waals surface area (Å²) in [6, 6.07) is 12.5. The summed E-state index contributed by atoms with van der Waals surface area (Å²) < 4.78 is 2.50. The van der Waals surface area contributed by atoms with Gasteiger partial charge in [-0.25, -0.2) is 9.97 Å². The van der Waals surface area contributed by atoms with Crippen LogP contribution in [-0.4, -0.2) is 56.4 Å². The number of carbonyl (C=O) groups is 1. The molecule has 37 heavy (non-hydrogen) atoms. The molecule has 0 saturated carbocycles. The first kappa shape index (κ1) is 24.3. The second-order valence-corrected chi connectivity index (χ2v) is 11.4.